The van der Waals surface area contributed by atoms with Crippen LogP contribution in [-0.2, 0) is 5.75 Å². The van der Waals surface area contributed by atoms with Crippen LogP contribution in [0.3, 0.4) is 0 Å². The minimum atomic E-state index is 0.478. The zero-order valence-corrected chi connectivity index (χ0v) is 17.0. The number of rotatable bonds is 5. The first-order valence-corrected chi connectivity index (χ1v) is 9.95. The van der Waals surface area contributed by atoms with Crippen molar-refractivity contribution >= 4 is 27.7 Å². The van der Waals surface area contributed by atoms with E-state index in [2.05, 4.69) is 54.6 Å². The third-order valence-electron chi connectivity index (χ3n) is 3.90. The van der Waals surface area contributed by atoms with Gasteiger partial charge in [-0.05, 0) is 48.0 Å². The van der Waals surface area contributed by atoms with Gasteiger partial charge in [0.15, 0.2) is 0 Å². The molecule has 0 radical (unpaired) electrons. The van der Waals surface area contributed by atoms with Gasteiger partial charge >= 0.3 is 0 Å². The fourth-order valence-corrected chi connectivity index (χ4v) is 3.77. The molecule has 4 rings (SSSR count). The minimum Gasteiger partial charge on any atom is -0.338 e. The Bertz CT molecular complexity index is 1090. The standard InChI is InChI=1S/C18H15BrN6OS/c1-11-6-7-15(12(2)8-11)25-18(21-23-24-25)27-10-16-20-17(22-26-16)13-4-3-5-14(19)9-13/h3-9H,10H2,1-2H3. The Morgan fingerprint density at radius 3 is 2.85 bits per heavy atom. The SMILES string of the molecule is Cc1ccc(-n2nnnc2SCc2nc(-c3cccc(Br)c3)no2)c(C)c1. The summed E-state index contributed by atoms with van der Waals surface area (Å²) in [5.74, 6) is 1.55. The topological polar surface area (TPSA) is 82.5 Å². The van der Waals surface area contributed by atoms with Crippen molar-refractivity contribution in [2.24, 2.45) is 0 Å². The quantitative estimate of drug-likeness (QED) is 0.423. The Balaban J connectivity index is 1.51. The maximum Gasteiger partial charge on any atom is 0.237 e. The Labute approximate surface area is 168 Å². The smallest absolute Gasteiger partial charge is 0.237 e. The molecule has 0 atom stereocenters. The van der Waals surface area contributed by atoms with Gasteiger partial charge < -0.3 is 4.52 Å². The van der Waals surface area contributed by atoms with Gasteiger partial charge in [0.05, 0.1) is 11.4 Å². The van der Waals surface area contributed by atoms with Crippen LogP contribution in [0.25, 0.3) is 17.1 Å². The number of thioether (sulfide) groups is 1. The average Bonchev–Trinajstić information content (AvgIpc) is 3.29. The van der Waals surface area contributed by atoms with Gasteiger partial charge in [-0.2, -0.15) is 9.67 Å². The number of aryl methyl sites for hydroxylation is 2. The van der Waals surface area contributed by atoms with E-state index in [0.29, 0.717) is 22.6 Å². The highest BCUT2D eigenvalue weighted by molar-refractivity contribution is 9.10. The summed E-state index contributed by atoms with van der Waals surface area (Å²) in [6, 6.07) is 13.9. The highest BCUT2D eigenvalue weighted by Gasteiger charge is 2.14. The van der Waals surface area contributed by atoms with Gasteiger partial charge in [-0.25, -0.2) is 0 Å². The summed E-state index contributed by atoms with van der Waals surface area (Å²) in [4.78, 5) is 4.46. The lowest BCUT2D eigenvalue weighted by atomic mass is 10.1. The van der Waals surface area contributed by atoms with Gasteiger partial charge in [0, 0.05) is 10.0 Å². The molecule has 0 aliphatic heterocycles. The van der Waals surface area contributed by atoms with Gasteiger partial charge in [-0.15, -0.1) is 5.10 Å². The molecule has 7 nitrogen and oxygen atoms in total. The van der Waals surface area contributed by atoms with Crippen LogP contribution < -0.4 is 0 Å². The number of benzene rings is 2. The summed E-state index contributed by atoms with van der Waals surface area (Å²) in [6.45, 7) is 4.10. The average molecular weight is 443 g/mol. The molecule has 27 heavy (non-hydrogen) atoms. The van der Waals surface area contributed by atoms with Crippen LogP contribution in [0.4, 0.5) is 0 Å². The highest BCUT2D eigenvalue weighted by Crippen LogP contribution is 2.25. The number of hydrogen-bond acceptors (Lipinski definition) is 7. The van der Waals surface area contributed by atoms with Crippen molar-refractivity contribution in [1.29, 1.82) is 0 Å². The predicted octanol–water partition coefficient (Wildman–Crippen LogP) is 4.38. The molecule has 2 aromatic heterocycles. The molecular formula is C18H15BrN6OS. The highest BCUT2D eigenvalue weighted by atomic mass is 79.9. The first-order valence-electron chi connectivity index (χ1n) is 8.17. The van der Waals surface area contributed by atoms with Crippen molar-refractivity contribution in [3.8, 4) is 17.1 Å². The number of hydrogen-bond donors (Lipinski definition) is 0. The van der Waals surface area contributed by atoms with E-state index in [0.717, 1.165) is 21.3 Å². The van der Waals surface area contributed by atoms with Gasteiger partial charge in [-0.3, -0.25) is 0 Å². The van der Waals surface area contributed by atoms with Crippen LogP contribution in [0.5, 0.6) is 0 Å². The maximum atomic E-state index is 5.37. The summed E-state index contributed by atoms with van der Waals surface area (Å²) in [5, 5.41) is 16.8. The Morgan fingerprint density at radius 2 is 2.04 bits per heavy atom. The molecule has 4 aromatic rings. The van der Waals surface area contributed by atoms with Crippen molar-refractivity contribution < 1.29 is 4.52 Å². The van der Waals surface area contributed by atoms with Crippen molar-refractivity contribution in [3.05, 3.63) is 64.0 Å². The number of aromatic nitrogens is 6. The Hall–Kier alpha value is -2.52. The fourth-order valence-electron chi connectivity index (χ4n) is 2.65. The molecule has 0 amide bonds. The van der Waals surface area contributed by atoms with Gasteiger partial charge in [0.2, 0.25) is 16.9 Å². The molecule has 9 heteroatoms. The zero-order valence-electron chi connectivity index (χ0n) is 14.6. The maximum absolute atomic E-state index is 5.37. The molecule has 0 fully saturated rings. The lowest BCUT2D eigenvalue weighted by Gasteiger charge is -2.07. The second-order valence-corrected chi connectivity index (χ2v) is 7.83. The van der Waals surface area contributed by atoms with Crippen molar-refractivity contribution in [2.45, 2.75) is 24.8 Å². The third-order valence-corrected chi connectivity index (χ3v) is 5.29. The van der Waals surface area contributed by atoms with Crippen molar-refractivity contribution in [3.63, 3.8) is 0 Å². The molecule has 0 aliphatic rings. The summed E-state index contributed by atoms with van der Waals surface area (Å²) in [7, 11) is 0. The van der Waals surface area contributed by atoms with Crippen LogP contribution in [0, 0.1) is 13.8 Å². The van der Waals surface area contributed by atoms with E-state index in [1.54, 1.807) is 4.68 Å². The molecular weight excluding hydrogens is 428 g/mol. The zero-order chi connectivity index (χ0) is 18.8. The van der Waals surface area contributed by atoms with Gasteiger partial charge in [-0.1, -0.05) is 62.7 Å². The summed E-state index contributed by atoms with van der Waals surface area (Å²) in [6.07, 6.45) is 0. The van der Waals surface area contributed by atoms with E-state index in [-0.39, 0.29) is 0 Å². The Morgan fingerprint density at radius 1 is 1.15 bits per heavy atom. The Kier molecular flexibility index (Phi) is 5.04. The van der Waals surface area contributed by atoms with Crippen LogP contribution in [0.2, 0.25) is 0 Å². The van der Waals surface area contributed by atoms with Crippen LogP contribution in [-0.4, -0.2) is 30.3 Å². The predicted molar refractivity (Wildman–Crippen MR) is 106 cm³/mol. The largest absolute Gasteiger partial charge is 0.338 e. The molecule has 0 saturated heterocycles. The van der Waals surface area contributed by atoms with E-state index >= 15 is 0 Å². The monoisotopic (exact) mass is 442 g/mol. The lowest BCUT2D eigenvalue weighted by Crippen LogP contribution is -2.02. The van der Waals surface area contributed by atoms with E-state index in [1.807, 2.05) is 43.3 Å². The van der Waals surface area contributed by atoms with Crippen LogP contribution >= 0.6 is 27.7 Å². The second kappa shape index (κ2) is 7.61. The molecule has 0 bridgehead atoms. The van der Waals surface area contributed by atoms with E-state index in [1.165, 1.54) is 17.3 Å². The lowest BCUT2D eigenvalue weighted by molar-refractivity contribution is 0.391. The normalized spacial score (nSPS) is 11.1. The molecule has 0 saturated carbocycles. The van der Waals surface area contributed by atoms with Gasteiger partial charge in [0.25, 0.3) is 0 Å². The molecule has 0 spiro atoms. The number of tetrazole rings is 1. The molecule has 0 N–H and O–H groups in total. The van der Waals surface area contributed by atoms with Crippen molar-refractivity contribution in [1.82, 2.24) is 30.3 Å². The molecule has 0 unspecified atom stereocenters. The summed E-state index contributed by atoms with van der Waals surface area (Å²) >= 11 is 4.90. The van der Waals surface area contributed by atoms with Gasteiger partial charge in [0.1, 0.15) is 0 Å². The molecule has 136 valence electrons. The fraction of sp³-hybridized carbons (Fsp3) is 0.167. The molecule has 2 heterocycles. The summed E-state index contributed by atoms with van der Waals surface area (Å²) in [5.41, 5.74) is 4.15. The van der Waals surface area contributed by atoms with Crippen LogP contribution in [0.1, 0.15) is 17.0 Å². The summed E-state index contributed by atoms with van der Waals surface area (Å²) < 4.78 is 8.06. The molecule has 0 aliphatic carbocycles. The van der Waals surface area contributed by atoms with E-state index in [9.17, 15) is 0 Å². The van der Waals surface area contributed by atoms with E-state index < -0.39 is 0 Å². The number of nitrogens with zero attached hydrogens (tertiary/aromatic N) is 6. The minimum absolute atomic E-state index is 0.478. The first-order chi connectivity index (χ1) is 13.1. The number of halogens is 1. The van der Waals surface area contributed by atoms with Crippen molar-refractivity contribution in [2.75, 3.05) is 0 Å². The first kappa shape index (κ1) is 17.9. The molecule has 2 aromatic carbocycles. The third kappa shape index (κ3) is 3.93. The van der Waals surface area contributed by atoms with Crippen LogP contribution in [0.15, 0.2) is 56.6 Å². The second-order valence-electron chi connectivity index (χ2n) is 5.97. The van der Waals surface area contributed by atoms with E-state index in [4.69, 9.17) is 4.52 Å².